The predicted octanol–water partition coefficient (Wildman–Crippen LogP) is -0.331. The number of hydrogen-bond acceptors (Lipinski definition) is 4. The van der Waals surface area contributed by atoms with Gasteiger partial charge in [-0.3, -0.25) is 14.6 Å². The van der Waals surface area contributed by atoms with Crippen molar-refractivity contribution in [3.63, 3.8) is 0 Å². The number of amides is 2. The lowest BCUT2D eigenvalue weighted by atomic mass is 10.1. The van der Waals surface area contributed by atoms with Crippen LogP contribution in [0.5, 0.6) is 0 Å². The number of rotatable bonds is 6. The van der Waals surface area contributed by atoms with Crippen LogP contribution < -0.4 is 11.1 Å². The number of primary amides is 1. The Bertz CT molecular complexity index is 506. The monoisotopic (exact) mass is 269 g/mol. The van der Waals surface area contributed by atoms with E-state index in [-0.39, 0.29) is 18.4 Å². The zero-order valence-electron chi connectivity index (χ0n) is 9.80. The number of nitrogens with one attached hydrogen (secondary N) is 1. The maximum Gasteiger partial charge on any atom is 0.326 e. The first kappa shape index (κ1) is 14.6. The molecule has 0 unspecified atom stereocenters. The first-order valence-corrected chi connectivity index (χ1v) is 5.32. The lowest BCUT2D eigenvalue weighted by Gasteiger charge is -2.13. The summed E-state index contributed by atoms with van der Waals surface area (Å²) >= 11 is 0. The van der Waals surface area contributed by atoms with E-state index in [0.717, 1.165) is 18.5 Å². The van der Waals surface area contributed by atoms with Gasteiger partial charge >= 0.3 is 5.97 Å². The van der Waals surface area contributed by atoms with Crippen LogP contribution in [-0.2, 0) is 9.59 Å². The summed E-state index contributed by atoms with van der Waals surface area (Å²) in [6.07, 6.45) is 1.70. The molecule has 8 heteroatoms. The number of pyridine rings is 1. The van der Waals surface area contributed by atoms with Gasteiger partial charge in [-0.2, -0.15) is 0 Å². The van der Waals surface area contributed by atoms with Gasteiger partial charge in [-0.05, 0) is 12.5 Å². The fraction of sp³-hybridized carbons (Fsp3) is 0.273. The predicted molar refractivity (Wildman–Crippen MR) is 61.5 cm³/mol. The molecule has 7 nitrogen and oxygen atoms in total. The molecule has 1 atom stereocenters. The first-order valence-electron chi connectivity index (χ1n) is 5.32. The number of carbonyl (C=O) groups is 3. The van der Waals surface area contributed by atoms with Crippen LogP contribution in [0.4, 0.5) is 4.39 Å². The minimum Gasteiger partial charge on any atom is -0.480 e. The standard InChI is InChI=1S/C11H12FN3O4/c12-7-3-6(4-14-5-7)10(17)15-8(11(18)19)1-2-9(13)16/h3-5,8H,1-2H2,(H2,13,16)(H,15,17)(H,18,19)/t8-/m1/s1. The van der Waals surface area contributed by atoms with Crippen molar-refractivity contribution in [1.29, 1.82) is 0 Å². The third kappa shape index (κ3) is 4.70. The fourth-order valence-corrected chi connectivity index (χ4v) is 1.32. The summed E-state index contributed by atoms with van der Waals surface area (Å²) in [7, 11) is 0. The van der Waals surface area contributed by atoms with Gasteiger partial charge in [0.1, 0.15) is 11.9 Å². The van der Waals surface area contributed by atoms with Crippen LogP contribution >= 0.6 is 0 Å². The van der Waals surface area contributed by atoms with Crippen LogP contribution in [0.2, 0.25) is 0 Å². The summed E-state index contributed by atoms with van der Waals surface area (Å²) in [5.41, 5.74) is 4.79. The number of hydrogen-bond donors (Lipinski definition) is 3. The van der Waals surface area contributed by atoms with Gasteiger partial charge in [0.25, 0.3) is 5.91 Å². The number of carbonyl (C=O) groups excluding carboxylic acids is 2. The molecule has 1 aromatic rings. The molecule has 1 heterocycles. The van der Waals surface area contributed by atoms with Crippen LogP contribution in [0.25, 0.3) is 0 Å². The van der Waals surface area contributed by atoms with E-state index in [2.05, 4.69) is 10.3 Å². The average Bonchev–Trinajstić information content (AvgIpc) is 2.33. The molecule has 0 saturated carbocycles. The number of carboxylic acid groups (broad SMARTS) is 1. The Balaban J connectivity index is 2.71. The van der Waals surface area contributed by atoms with Crippen molar-refractivity contribution in [1.82, 2.24) is 10.3 Å². The van der Waals surface area contributed by atoms with E-state index < -0.39 is 29.6 Å². The highest BCUT2D eigenvalue weighted by Crippen LogP contribution is 2.03. The van der Waals surface area contributed by atoms with Crippen molar-refractivity contribution in [2.45, 2.75) is 18.9 Å². The summed E-state index contributed by atoms with van der Waals surface area (Å²) in [5.74, 6) is -3.48. The summed E-state index contributed by atoms with van der Waals surface area (Å²) in [6, 6.07) is -0.349. The van der Waals surface area contributed by atoms with Crippen molar-refractivity contribution < 1.29 is 23.9 Å². The molecule has 19 heavy (non-hydrogen) atoms. The molecule has 0 aromatic carbocycles. The van der Waals surface area contributed by atoms with Crippen LogP contribution in [0, 0.1) is 5.82 Å². The van der Waals surface area contributed by atoms with Gasteiger partial charge in [0, 0.05) is 12.6 Å². The molecule has 0 fully saturated rings. The summed E-state index contributed by atoms with van der Waals surface area (Å²) in [6.45, 7) is 0. The van der Waals surface area contributed by atoms with E-state index in [1.807, 2.05) is 0 Å². The number of aliphatic carboxylic acids is 1. The lowest BCUT2D eigenvalue weighted by Crippen LogP contribution is -2.41. The molecule has 102 valence electrons. The van der Waals surface area contributed by atoms with E-state index in [4.69, 9.17) is 10.8 Å². The van der Waals surface area contributed by atoms with Gasteiger partial charge in [0.15, 0.2) is 0 Å². The third-order valence-corrected chi connectivity index (χ3v) is 2.25. The van der Waals surface area contributed by atoms with E-state index >= 15 is 0 Å². The molecule has 0 saturated heterocycles. The van der Waals surface area contributed by atoms with Crippen molar-refractivity contribution in [3.8, 4) is 0 Å². The molecular formula is C11H12FN3O4. The smallest absolute Gasteiger partial charge is 0.326 e. The number of nitrogens with zero attached hydrogens (tertiary/aromatic N) is 1. The second-order valence-corrected chi connectivity index (χ2v) is 3.76. The molecule has 0 aliphatic rings. The molecule has 0 radical (unpaired) electrons. The zero-order chi connectivity index (χ0) is 14.4. The molecular weight excluding hydrogens is 257 g/mol. The maximum absolute atomic E-state index is 12.9. The Morgan fingerprint density at radius 2 is 2.11 bits per heavy atom. The highest BCUT2D eigenvalue weighted by atomic mass is 19.1. The molecule has 0 bridgehead atoms. The van der Waals surface area contributed by atoms with E-state index in [1.54, 1.807) is 0 Å². The lowest BCUT2D eigenvalue weighted by molar-refractivity contribution is -0.139. The molecule has 1 rings (SSSR count). The van der Waals surface area contributed by atoms with Gasteiger partial charge in [0.05, 0.1) is 11.8 Å². The van der Waals surface area contributed by atoms with Gasteiger partial charge < -0.3 is 16.2 Å². The molecule has 0 aliphatic heterocycles. The first-order chi connectivity index (χ1) is 8.90. The Morgan fingerprint density at radius 1 is 1.42 bits per heavy atom. The zero-order valence-corrected chi connectivity index (χ0v) is 9.80. The summed E-state index contributed by atoms with van der Waals surface area (Å²) in [4.78, 5) is 36.6. The molecule has 4 N–H and O–H groups in total. The van der Waals surface area contributed by atoms with Crippen LogP contribution in [-0.4, -0.2) is 33.9 Å². The van der Waals surface area contributed by atoms with E-state index in [9.17, 15) is 18.8 Å². The maximum atomic E-state index is 12.9. The van der Waals surface area contributed by atoms with Gasteiger partial charge in [-0.1, -0.05) is 0 Å². The average molecular weight is 269 g/mol. The van der Waals surface area contributed by atoms with Crippen molar-refractivity contribution >= 4 is 17.8 Å². The largest absolute Gasteiger partial charge is 0.480 e. The van der Waals surface area contributed by atoms with Crippen molar-refractivity contribution in [3.05, 3.63) is 29.8 Å². The minimum atomic E-state index is -1.31. The van der Waals surface area contributed by atoms with Gasteiger partial charge in [-0.25, -0.2) is 9.18 Å². The summed E-state index contributed by atoms with van der Waals surface area (Å²) < 4.78 is 12.9. The topological polar surface area (TPSA) is 122 Å². The quantitative estimate of drug-likeness (QED) is 0.652. The Morgan fingerprint density at radius 3 is 2.63 bits per heavy atom. The Labute approximate surface area is 107 Å². The molecule has 0 spiro atoms. The molecule has 0 aliphatic carbocycles. The van der Waals surface area contributed by atoms with Crippen molar-refractivity contribution in [2.24, 2.45) is 5.73 Å². The van der Waals surface area contributed by atoms with E-state index in [1.165, 1.54) is 0 Å². The van der Waals surface area contributed by atoms with Crippen molar-refractivity contribution in [2.75, 3.05) is 0 Å². The van der Waals surface area contributed by atoms with Crippen LogP contribution in [0.15, 0.2) is 18.5 Å². The highest BCUT2D eigenvalue weighted by molar-refractivity contribution is 5.96. The summed E-state index contributed by atoms with van der Waals surface area (Å²) in [5, 5.41) is 11.0. The number of nitrogens with two attached hydrogens (primary N) is 1. The highest BCUT2D eigenvalue weighted by Gasteiger charge is 2.21. The SMILES string of the molecule is NC(=O)CC[C@@H](NC(=O)c1cncc(F)c1)C(=O)O. The van der Waals surface area contributed by atoms with E-state index in [0.29, 0.717) is 0 Å². The fourth-order valence-electron chi connectivity index (χ4n) is 1.32. The number of aromatic nitrogens is 1. The Kier molecular flexibility index (Phi) is 4.92. The van der Waals surface area contributed by atoms with Crippen LogP contribution in [0.1, 0.15) is 23.2 Å². The number of carboxylic acids is 1. The normalized spacial score (nSPS) is 11.6. The van der Waals surface area contributed by atoms with Gasteiger partial charge in [-0.15, -0.1) is 0 Å². The molecule has 2 amide bonds. The Hall–Kier alpha value is -2.51. The third-order valence-electron chi connectivity index (χ3n) is 2.25. The second kappa shape index (κ2) is 6.43. The second-order valence-electron chi connectivity index (χ2n) is 3.76. The minimum absolute atomic E-state index is 0.106. The van der Waals surface area contributed by atoms with Crippen LogP contribution in [0.3, 0.4) is 0 Å². The molecule has 1 aromatic heterocycles. The number of halogens is 1. The van der Waals surface area contributed by atoms with Gasteiger partial charge in [0.2, 0.25) is 5.91 Å².